The van der Waals surface area contributed by atoms with Crippen LogP contribution in [0, 0.1) is 22.0 Å². The monoisotopic (exact) mass is 513 g/mol. The molecule has 2 fully saturated rings. The fourth-order valence-corrected chi connectivity index (χ4v) is 5.27. The number of nitro benzene ring substituents is 1. The van der Waals surface area contributed by atoms with Gasteiger partial charge >= 0.3 is 5.97 Å². The molecule has 0 radical (unpaired) electrons. The van der Waals surface area contributed by atoms with Gasteiger partial charge < -0.3 is 10.2 Å². The quantitative estimate of drug-likeness (QED) is 0.189. The lowest BCUT2D eigenvalue weighted by Gasteiger charge is -2.29. The molecule has 5 rings (SSSR count). The van der Waals surface area contributed by atoms with E-state index in [-0.39, 0.29) is 11.4 Å². The number of fused-ring (bicyclic) bond motifs is 1. The van der Waals surface area contributed by atoms with Crippen molar-refractivity contribution in [2.24, 2.45) is 11.8 Å². The Hall–Kier alpha value is -4.67. The summed E-state index contributed by atoms with van der Waals surface area (Å²) in [5, 5.41) is 34.4. The number of hydrogen-bond donors (Lipinski definition) is 3. The van der Waals surface area contributed by atoms with Gasteiger partial charge in [0.1, 0.15) is 0 Å². The summed E-state index contributed by atoms with van der Waals surface area (Å²) in [4.78, 5) is 50.9. The number of benzene rings is 3. The van der Waals surface area contributed by atoms with Crippen LogP contribution in [0.4, 0.5) is 11.4 Å². The van der Waals surface area contributed by atoms with E-state index in [1.165, 1.54) is 18.2 Å². The van der Waals surface area contributed by atoms with Crippen LogP contribution < -0.4 is 10.2 Å². The van der Waals surface area contributed by atoms with Crippen molar-refractivity contribution in [2.45, 2.75) is 11.6 Å². The fraction of sp³-hybridized carbons (Fsp3) is 0.179. The molecule has 10 nitrogen and oxygen atoms in total. The fourth-order valence-electron chi connectivity index (χ4n) is 5.27. The number of carbonyl (C=O) groups is 3. The van der Waals surface area contributed by atoms with Gasteiger partial charge in [-0.2, -0.15) is 0 Å². The number of aliphatic hydroxyl groups excluding tert-OH is 1. The molecule has 10 heteroatoms. The molecule has 38 heavy (non-hydrogen) atoms. The Morgan fingerprint density at radius 1 is 0.974 bits per heavy atom. The van der Waals surface area contributed by atoms with E-state index in [9.17, 15) is 34.7 Å². The van der Waals surface area contributed by atoms with Gasteiger partial charge in [-0.25, -0.2) is 4.90 Å². The summed E-state index contributed by atoms with van der Waals surface area (Å²) < 4.78 is 0. The van der Waals surface area contributed by atoms with E-state index in [4.69, 9.17) is 0 Å². The van der Waals surface area contributed by atoms with Crippen LogP contribution in [-0.4, -0.2) is 45.1 Å². The highest BCUT2D eigenvalue weighted by Gasteiger charge is 2.68. The molecule has 3 N–H and O–H groups in total. The van der Waals surface area contributed by atoms with Crippen molar-refractivity contribution in [3.8, 4) is 0 Å². The molecule has 3 aromatic rings. The van der Waals surface area contributed by atoms with E-state index >= 15 is 0 Å². The van der Waals surface area contributed by atoms with Crippen LogP contribution in [0.2, 0.25) is 0 Å². The highest BCUT2D eigenvalue weighted by molar-refractivity contribution is 6.24. The van der Waals surface area contributed by atoms with E-state index in [1.807, 2.05) is 54.6 Å². The van der Waals surface area contributed by atoms with Crippen LogP contribution in [0.5, 0.6) is 0 Å². The molecule has 2 amide bonds. The lowest BCUT2D eigenvalue weighted by molar-refractivity contribution is -0.384. The highest BCUT2D eigenvalue weighted by Crippen LogP contribution is 2.50. The summed E-state index contributed by atoms with van der Waals surface area (Å²) in [7, 11) is 0. The molecule has 4 unspecified atom stereocenters. The zero-order valence-electron chi connectivity index (χ0n) is 19.9. The molecule has 0 saturated carbocycles. The normalized spacial score (nSPS) is 24.7. The number of amides is 2. The lowest BCUT2D eigenvalue weighted by Crippen LogP contribution is -2.58. The molecule has 2 aliphatic rings. The minimum absolute atomic E-state index is 0.0269. The molecule has 2 heterocycles. The van der Waals surface area contributed by atoms with Gasteiger partial charge in [-0.3, -0.25) is 29.8 Å². The van der Waals surface area contributed by atoms with Gasteiger partial charge in [0.15, 0.2) is 5.54 Å². The Morgan fingerprint density at radius 2 is 1.63 bits per heavy atom. The SMILES string of the molecule is O=C1C2C(c3ccc(C=Cc4ccccc4)cc3)NC(CO)(C(=O)O)C2C(=O)N1c1cccc([N+](=O)[O-])c1. The van der Waals surface area contributed by atoms with Crippen LogP contribution in [-0.2, 0) is 14.4 Å². The third kappa shape index (κ3) is 4.05. The number of anilines is 1. The Bertz CT molecular complexity index is 1450. The Kier molecular flexibility index (Phi) is 6.35. The minimum Gasteiger partial charge on any atom is -0.480 e. The van der Waals surface area contributed by atoms with Crippen molar-refractivity contribution in [1.82, 2.24) is 5.32 Å². The van der Waals surface area contributed by atoms with Crippen molar-refractivity contribution in [3.63, 3.8) is 0 Å². The summed E-state index contributed by atoms with van der Waals surface area (Å²) in [6.45, 7) is -0.931. The van der Waals surface area contributed by atoms with Crippen LogP contribution in [0.25, 0.3) is 12.2 Å². The van der Waals surface area contributed by atoms with Gasteiger partial charge in [-0.1, -0.05) is 72.8 Å². The summed E-state index contributed by atoms with van der Waals surface area (Å²) in [6.07, 6.45) is 3.85. The van der Waals surface area contributed by atoms with Crippen molar-refractivity contribution in [1.29, 1.82) is 0 Å². The smallest absolute Gasteiger partial charge is 0.327 e. The van der Waals surface area contributed by atoms with E-state index in [1.54, 1.807) is 12.1 Å². The molecule has 2 saturated heterocycles. The van der Waals surface area contributed by atoms with Gasteiger partial charge in [0, 0.05) is 18.2 Å². The first-order valence-corrected chi connectivity index (χ1v) is 11.8. The lowest BCUT2D eigenvalue weighted by atomic mass is 9.79. The second-order valence-corrected chi connectivity index (χ2v) is 9.26. The van der Waals surface area contributed by atoms with E-state index in [0.29, 0.717) is 5.56 Å². The third-order valence-electron chi connectivity index (χ3n) is 7.15. The molecular formula is C28H23N3O7. The van der Waals surface area contributed by atoms with Gasteiger partial charge in [0.25, 0.3) is 5.69 Å². The van der Waals surface area contributed by atoms with Gasteiger partial charge in [-0.15, -0.1) is 0 Å². The molecule has 4 atom stereocenters. The number of carbonyl (C=O) groups excluding carboxylic acids is 2. The molecule has 0 spiro atoms. The molecule has 3 aromatic carbocycles. The van der Waals surface area contributed by atoms with E-state index < -0.39 is 52.7 Å². The van der Waals surface area contributed by atoms with Gasteiger partial charge in [0.05, 0.1) is 29.1 Å². The Labute approximate surface area is 217 Å². The first-order chi connectivity index (χ1) is 18.3. The number of hydrogen-bond acceptors (Lipinski definition) is 7. The van der Waals surface area contributed by atoms with Crippen LogP contribution in [0.15, 0.2) is 78.9 Å². The molecule has 0 aromatic heterocycles. The minimum atomic E-state index is -2.11. The van der Waals surface area contributed by atoms with Crippen molar-refractivity contribution in [2.75, 3.05) is 11.5 Å². The Balaban J connectivity index is 1.51. The number of nitrogens with zero attached hydrogens (tertiary/aromatic N) is 2. The molecule has 0 bridgehead atoms. The zero-order chi connectivity index (χ0) is 27.0. The van der Waals surface area contributed by atoms with Crippen LogP contribution in [0.1, 0.15) is 22.7 Å². The first kappa shape index (κ1) is 25.0. The topological polar surface area (TPSA) is 150 Å². The van der Waals surface area contributed by atoms with Crippen LogP contribution in [0.3, 0.4) is 0 Å². The maximum absolute atomic E-state index is 13.6. The molecule has 192 valence electrons. The van der Waals surface area contributed by atoms with E-state index in [0.717, 1.165) is 22.1 Å². The number of carboxylic acid groups (broad SMARTS) is 1. The standard InChI is InChI=1S/C28H23N3O7/c32-16-28(27(35)36)23-22(25(33)30(26(23)34)20-7-4-8-21(15-20)31(37)38)24(29-28)19-13-11-18(12-14-19)10-9-17-5-2-1-3-6-17/h1-15,22-24,29,32H,16H2,(H,35,36). The van der Waals surface area contributed by atoms with Gasteiger partial charge in [0.2, 0.25) is 11.8 Å². The summed E-state index contributed by atoms with van der Waals surface area (Å²) in [5.41, 5.74) is -0.00557. The zero-order valence-corrected chi connectivity index (χ0v) is 19.9. The number of rotatable bonds is 7. The molecular weight excluding hydrogens is 490 g/mol. The average Bonchev–Trinajstić information content (AvgIpc) is 3.42. The van der Waals surface area contributed by atoms with Crippen LogP contribution >= 0.6 is 0 Å². The highest BCUT2D eigenvalue weighted by atomic mass is 16.6. The average molecular weight is 514 g/mol. The maximum atomic E-state index is 13.6. The number of aliphatic hydroxyl groups is 1. The number of imide groups is 1. The number of nitrogens with one attached hydrogen (secondary N) is 1. The first-order valence-electron chi connectivity index (χ1n) is 11.8. The summed E-state index contributed by atoms with van der Waals surface area (Å²) in [6, 6.07) is 20.9. The van der Waals surface area contributed by atoms with Crippen molar-refractivity contribution >= 4 is 41.3 Å². The number of nitro groups is 1. The number of non-ortho nitro benzene ring substituents is 1. The molecule has 0 aliphatic carbocycles. The predicted molar refractivity (Wildman–Crippen MR) is 138 cm³/mol. The summed E-state index contributed by atoms with van der Waals surface area (Å²) in [5.74, 6) is -5.56. The molecule has 2 aliphatic heterocycles. The second-order valence-electron chi connectivity index (χ2n) is 9.26. The summed E-state index contributed by atoms with van der Waals surface area (Å²) >= 11 is 0. The van der Waals surface area contributed by atoms with Crippen molar-refractivity contribution in [3.05, 3.63) is 106 Å². The maximum Gasteiger partial charge on any atom is 0.327 e. The third-order valence-corrected chi connectivity index (χ3v) is 7.15. The van der Waals surface area contributed by atoms with E-state index in [2.05, 4.69) is 5.32 Å². The largest absolute Gasteiger partial charge is 0.480 e. The number of aliphatic carboxylic acids is 1. The Morgan fingerprint density at radius 3 is 2.24 bits per heavy atom. The predicted octanol–water partition coefficient (Wildman–Crippen LogP) is 3.03. The number of carboxylic acids is 1. The second kappa shape index (κ2) is 9.66. The van der Waals surface area contributed by atoms with Crippen molar-refractivity contribution < 1.29 is 29.5 Å². The van der Waals surface area contributed by atoms with Gasteiger partial charge in [-0.05, 0) is 22.8 Å².